The molecule has 0 aliphatic carbocycles. The van der Waals surface area contributed by atoms with E-state index in [1.54, 1.807) is 0 Å². The zero-order chi connectivity index (χ0) is 13.5. The number of unbranched alkanes of at least 4 members (excludes halogenated alkanes) is 2. The summed E-state index contributed by atoms with van der Waals surface area (Å²) in [5, 5.41) is 8.30. The Morgan fingerprint density at radius 1 is 1.06 bits per heavy atom. The summed E-state index contributed by atoms with van der Waals surface area (Å²) in [4.78, 5) is 10.1. The van der Waals surface area contributed by atoms with Gasteiger partial charge in [-0.1, -0.05) is 18.8 Å². The Bertz CT molecular complexity index is 327. The van der Waals surface area contributed by atoms with E-state index in [1.165, 1.54) is 0 Å². The van der Waals surface area contributed by atoms with Crippen LogP contribution >= 0.6 is 0 Å². The largest absolute Gasteiger partial charge is 0.480 e. The predicted octanol–water partition coefficient (Wildman–Crippen LogP) is 1.69. The van der Waals surface area contributed by atoms with Crippen molar-refractivity contribution in [2.24, 2.45) is 0 Å². The van der Waals surface area contributed by atoms with Gasteiger partial charge in [0.25, 0.3) is 0 Å². The molecule has 4 nitrogen and oxygen atoms in total. The van der Waals surface area contributed by atoms with E-state index in [0.717, 1.165) is 25.7 Å². The van der Waals surface area contributed by atoms with Crippen molar-refractivity contribution in [1.29, 1.82) is 0 Å². The fourth-order valence-corrected chi connectivity index (χ4v) is 0.980. The number of carbonyl (C=O) groups is 1. The molecule has 0 spiro atoms. The summed E-state index contributed by atoms with van der Waals surface area (Å²) in [6.45, 7) is 3.13. The van der Waals surface area contributed by atoms with Gasteiger partial charge < -0.3 is 14.6 Å². The first kappa shape index (κ1) is 16.5. The number of hydrogen-bond donors (Lipinski definition) is 1. The summed E-state index contributed by atoms with van der Waals surface area (Å²) in [6.07, 6.45) is 3.57. The molecule has 0 aromatic rings. The Morgan fingerprint density at radius 3 is 2.39 bits per heavy atom. The van der Waals surface area contributed by atoms with E-state index in [2.05, 4.69) is 30.6 Å². The van der Waals surface area contributed by atoms with E-state index in [-0.39, 0.29) is 6.61 Å². The minimum Gasteiger partial charge on any atom is -0.480 e. The summed E-state index contributed by atoms with van der Waals surface area (Å²) in [6, 6.07) is 0. The maximum atomic E-state index is 10.1. The Labute approximate surface area is 109 Å². The summed E-state index contributed by atoms with van der Waals surface area (Å²) >= 11 is 0. The predicted molar refractivity (Wildman–Crippen MR) is 69.0 cm³/mol. The molecule has 0 atom stereocenters. The molecule has 0 radical (unpaired) electrons. The van der Waals surface area contributed by atoms with E-state index >= 15 is 0 Å². The third-order valence-electron chi connectivity index (χ3n) is 1.80. The number of ether oxygens (including phenoxy) is 2. The summed E-state index contributed by atoms with van der Waals surface area (Å²) in [5.74, 6) is 10.5. The van der Waals surface area contributed by atoms with Crippen LogP contribution in [0.1, 0.15) is 32.6 Å². The number of carboxylic acid groups (broad SMARTS) is 1. The second-order valence-corrected chi connectivity index (χ2v) is 3.52. The maximum absolute atomic E-state index is 10.1. The topological polar surface area (TPSA) is 55.8 Å². The smallest absolute Gasteiger partial charge is 0.329 e. The van der Waals surface area contributed by atoms with Crippen LogP contribution in [0.4, 0.5) is 0 Å². The van der Waals surface area contributed by atoms with Crippen LogP contribution < -0.4 is 0 Å². The number of aliphatic carboxylic acids is 1. The monoisotopic (exact) mass is 252 g/mol. The van der Waals surface area contributed by atoms with Gasteiger partial charge in [-0.15, -0.1) is 0 Å². The molecule has 0 bridgehead atoms. The van der Waals surface area contributed by atoms with Gasteiger partial charge in [-0.25, -0.2) is 4.79 Å². The van der Waals surface area contributed by atoms with Crippen molar-refractivity contribution < 1.29 is 19.4 Å². The number of rotatable bonds is 9. The van der Waals surface area contributed by atoms with Crippen LogP contribution in [0.5, 0.6) is 0 Å². The van der Waals surface area contributed by atoms with Gasteiger partial charge in [0.15, 0.2) is 0 Å². The molecule has 0 heterocycles. The van der Waals surface area contributed by atoms with Crippen molar-refractivity contribution in [3.05, 3.63) is 0 Å². The molecule has 0 aliphatic heterocycles. The fraction of sp³-hybridized carbons (Fsp3) is 0.643. The van der Waals surface area contributed by atoms with Crippen LogP contribution in [0, 0.1) is 23.7 Å². The average Bonchev–Trinajstić information content (AvgIpc) is 2.34. The second-order valence-electron chi connectivity index (χ2n) is 3.52. The fourth-order valence-electron chi connectivity index (χ4n) is 0.980. The van der Waals surface area contributed by atoms with Gasteiger partial charge in [0.1, 0.15) is 6.61 Å². The summed E-state index contributed by atoms with van der Waals surface area (Å²) < 4.78 is 10.0. The van der Waals surface area contributed by atoms with Gasteiger partial charge >= 0.3 is 5.97 Å². The third kappa shape index (κ3) is 14.5. The lowest BCUT2D eigenvalue weighted by Crippen LogP contribution is -2.11. The zero-order valence-electron chi connectivity index (χ0n) is 10.8. The molecule has 0 amide bonds. The molecular weight excluding hydrogens is 232 g/mol. The molecular formula is C14H20O4. The highest BCUT2D eigenvalue weighted by atomic mass is 16.5. The van der Waals surface area contributed by atoms with Crippen molar-refractivity contribution in [3.63, 3.8) is 0 Å². The zero-order valence-corrected chi connectivity index (χ0v) is 10.8. The summed E-state index contributed by atoms with van der Waals surface area (Å²) in [7, 11) is 0. The van der Waals surface area contributed by atoms with Crippen molar-refractivity contribution in [2.75, 3.05) is 26.4 Å². The second kappa shape index (κ2) is 13.6. The van der Waals surface area contributed by atoms with Crippen LogP contribution in [-0.4, -0.2) is 37.5 Å². The molecule has 0 aliphatic rings. The molecule has 0 fully saturated rings. The van der Waals surface area contributed by atoms with E-state index in [4.69, 9.17) is 14.6 Å². The van der Waals surface area contributed by atoms with Gasteiger partial charge in [-0.2, -0.15) is 0 Å². The highest BCUT2D eigenvalue weighted by Gasteiger charge is 1.95. The molecule has 0 saturated heterocycles. The van der Waals surface area contributed by atoms with Crippen molar-refractivity contribution in [1.82, 2.24) is 0 Å². The normalized spacial score (nSPS) is 8.94. The Kier molecular flexibility index (Phi) is 12.5. The quantitative estimate of drug-likeness (QED) is 0.501. The standard InChI is InChI=1S/C14H20O4/c1-2-3-4-5-6-7-8-9-10-17-11-12-18-13-14(15)16/h2-3,8-13H2,1H3,(H,15,16). The average molecular weight is 252 g/mol. The molecule has 18 heavy (non-hydrogen) atoms. The molecule has 1 N–H and O–H groups in total. The van der Waals surface area contributed by atoms with Crippen molar-refractivity contribution >= 4 is 5.97 Å². The van der Waals surface area contributed by atoms with Crippen LogP contribution in [0.3, 0.4) is 0 Å². The molecule has 0 saturated carbocycles. The maximum Gasteiger partial charge on any atom is 0.329 e. The van der Waals surface area contributed by atoms with E-state index in [9.17, 15) is 4.79 Å². The van der Waals surface area contributed by atoms with Gasteiger partial charge in [0.05, 0.1) is 13.2 Å². The van der Waals surface area contributed by atoms with Crippen molar-refractivity contribution in [3.8, 4) is 23.7 Å². The third-order valence-corrected chi connectivity index (χ3v) is 1.80. The Morgan fingerprint density at radius 2 is 1.72 bits per heavy atom. The van der Waals surface area contributed by atoms with Crippen LogP contribution in [-0.2, 0) is 14.3 Å². The van der Waals surface area contributed by atoms with E-state index < -0.39 is 5.97 Å². The first-order valence-electron chi connectivity index (χ1n) is 6.10. The summed E-state index contributed by atoms with van der Waals surface area (Å²) in [5.41, 5.74) is 0. The molecule has 4 heteroatoms. The molecule has 0 rings (SSSR count). The van der Waals surface area contributed by atoms with Crippen molar-refractivity contribution in [2.45, 2.75) is 32.6 Å². The lowest BCUT2D eigenvalue weighted by Gasteiger charge is -2.02. The highest BCUT2D eigenvalue weighted by molar-refractivity contribution is 5.67. The first-order valence-corrected chi connectivity index (χ1v) is 6.10. The number of carboxylic acids is 1. The van der Waals surface area contributed by atoms with E-state index in [0.29, 0.717) is 19.8 Å². The van der Waals surface area contributed by atoms with Gasteiger partial charge in [-0.05, 0) is 24.7 Å². The highest BCUT2D eigenvalue weighted by Crippen LogP contribution is 1.88. The van der Waals surface area contributed by atoms with E-state index in [1.807, 2.05) is 0 Å². The SMILES string of the molecule is CCCC#CC#CCCCOCCOCC(=O)O. The molecule has 100 valence electrons. The van der Waals surface area contributed by atoms with Gasteiger partial charge in [-0.3, -0.25) is 0 Å². The molecule has 0 aromatic heterocycles. The van der Waals surface area contributed by atoms with Crippen LogP contribution in [0.25, 0.3) is 0 Å². The van der Waals surface area contributed by atoms with Crippen LogP contribution in [0.2, 0.25) is 0 Å². The van der Waals surface area contributed by atoms with Crippen LogP contribution in [0.15, 0.2) is 0 Å². The first-order chi connectivity index (χ1) is 8.77. The number of hydrogen-bond acceptors (Lipinski definition) is 3. The lowest BCUT2D eigenvalue weighted by atomic mass is 10.3. The lowest BCUT2D eigenvalue weighted by molar-refractivity contribution is -0.142. The molecule has 0 aromatic carbocycles. The molecule has 0 unspecified atom stereocenters. The minimum absolute atomic E-state index is 0.273. The minimum atomic E-state index is -0.963. The Hall–Kier alpha value is -1.49. The Balaban J connectivity index is 3.21. The van der Waals surface area contributed by atoms with Gasteiger partial charge in [0.2, 0.25) is 0 Å². The van der Waals surface area contributed by atoms with Gasteiger partial charge in [0, 0.05) is 19.4 Å².